The lowest BCUT2D eigenvalue weighted by molar-refractivity contribution is -0.112. The lowest BCUT2D eigenvalue weighted by Gasteiger charge is -2.17. The Hall–Kier alpha value is -2.89. The van der Waals surface area contributed by atoms with Crippen LogP contribution in [0.15, 0.2) is 59.7 Å². The van der Waals surface area contributed by atoms with Crippen LogP contribution in [0.4, 0.5) is 0 Å². The molecule has 0 unspecified atom stereocenters. The fraction of sp³-hybridized carbons (Fsp3) is 0.433. The summed E-state index contributed by atoms with van der Waals surface area (Å²) < 4.78 is 11.6. The molecule has 2 aromatic carbocycles. The highest BCUT2D eigenvalue weighted by atomic mass is 16.5. The minimum absolute atomic E-state index is 0.157. The molecule has 5 heteroatoms. The van der Waals surface area contributed by atoms with Crippen molar-refractivity contribution in [2.45, 2.75) is 32.1 Å². The third kappa shape index (κ3) is 9.35. The molecule has 35 heavy (non-hydrogen) atoms. The second-order valence-electron chi connectivity index (χ2n) is 9.67. The Morgan fingerprint density at radius 2 is 1.09 bits per heavy atom. The van der Waals surface area contributed by atoms with E-state index >= 15 is 0 Å². The molecular formula is C30H40N2O3. The molecule has 1 fully saturated rings. The van der Waals surface area contributed by atoms with Crippen LogP contribution in [0, 0.1) is 0 Å². The molecule has 3 rings (SSSR count). The van der Waals surface area contributed by atoms with Crippen LogP contribution < -0.4 is 9.47 Å². The first-order chi connectivity index (χ1) is 16.9. The molecule has 0 aliphatic heterocycles. The maximum absolute atomic E-state index is 13.1. The van der Waals surface area contributed by atoms with Crippen molar-refractivity contribution < 1.29 is 14.3 Å². The largest absolute Gasteiger partial charge is 0.494 e. The highest BCUT2D eigenvalue weighted by Gasteiger charge is 2.20. The van der Waals surface area contributed by atoms with E-state index in [0.717, 1.165) is 79.0 Å². The molecule has 0 aromatic heterocycles. The van der Waals surface area contributed by atoms with Crippen LogP contribution in [0.2, 0.25) is 0 Å². The summed E-state index contributed by atoms with van der Waals surface area (Å²) in [5.74, 6) is 1.89. The molecule has 188 valence electrons. The van der Waals surface area contributed by atoms with E-state index in [2.05, 4.69) is 38.0 Å². The summed E-state index contributed by atoms with van der Waals surface area (Å²) in [6, 6.07) is 16.0. The fourth-order valence-corrected chi connectivity index (χ4v) is 4.04. The van der Waals surface area contributed by atoms with E-state index in [4.69, 9.17) is 9.47 Å². The van der Waals surface area contributed by atoms with Gasteiger partial charge in [-0.2, -0.15) is 0 Å². The number of benzene rings is 2. The molecule has 0 amide bonds. The molecule has 1 aliphatic carbocycles. The lowest BCUT2D eigenvalue weighted by Crippen LogP contribution is -2.15. The number of nitrogens with zero attached hydrogens (tertiary/aromatic N) is 2. The number of ether oxygens (including phenoxy) is 2. The van der Waals surface area contributed by atoms with Crippen LogP contribution in [0.1, 0.15) is 43.2 Å². The molecule has 5 nitrogen and oxygen atoms in total. The van der Waals surface area contributed by atoms with Gasteiger partial charge in [-0.3, -0.25) is 4.79 Å². The monoisotopic (exact) mass is 476 g/mol. The molecule has 0 radical (unpaired) electrons. The van der Waals surface area contributed by atoms with Crippen LogP contribution in [0.3, 0.4) is 0 Å². The molecule has 1 saturated carbocycles. The molecule has 0 spiro atoms. The maximum Gasteiger partial charge on any atom is 0.185 e. The van der Waals surface area contributed by atoms with Crippen molar-refractivity contribution in [2.75, 3.05) is 54.5 Å². The van der Waals surface area contributed by atoms with Gasteiger partial charge in [-0.15, -0.1) is 0 Å². The Kier molecular flexibility index (Phi) is 10.6. The van der Waals surface area contributed by atoms with Crippen LogP contribution in [0.5, 0.6) is 11.5 Å². The highest BCUT2D eigenvalue weighted by Crippen LogP contribution is 2.29. The van der Waals surface area contributed by atoms with Crippen LogP contribution in [-0.2, 0) is 4.79 Å². The Morgan fingerprint density at radius 3 is 1.46 bits per heavy atom. The second-order valence-corrected chi connectivity index (χ2v) is 9.67. The molecule has 0 atom stereocenters. The van der Waals surface area contributed by atoms with Crippen molar-refractivity contribution in [3.63, 3.8) is 0 Å². The number of allylic oxidation sites excluding steroid dienone is 2. The number of hydrogen-bond donors (Lipinski definition) is 0. The summed E-state index contributed by atoms with van der Waals surface area (Å²) in [4.78, 5) is 17.4. The number of hydrogen-bond acceptors (Lipinski definition) is 5. The van der Waals surface area contributed by atoms with Gasteiger partial charge in [0.15, 0.2) is 5.78 Å². The SMILES string of the molecule is CN(C)CCCOc1ccc(C=C2CCCC(=Cc3ccc(OCCCN(C)C)cc3)C2=O)cc1. The first-order valence-electron chi connectivity index (χ1n) is 12.6. The first-order valence-corrected chi connectivity index (χ1v) is 12.6. The van der Waals surface area contributed by atoms with Gasteiger partial charge in [-0.1, -0.05) is 24.3 Å². The first kappa shape index (κ1) is 26.7. The number of carbonyl (C=O) groups is 1. The van der Waals surface area contributed by atoms with Crippen LogP contribution >= 0.6 is 0 Å². The second kappa shape index (κ2) is 13.9. The van der Waals surface area contributed by atoms with E-state index < -0.39 is 0 Å². The Labute approximate surface area is 211 Å². The zero-order valence-electron chi connectivity index (χ0n) is 21.8. The van der Waals surface area contributed by atoms with Gasteiger partial charge in [0.25, 0.3) is 0 Å². The lowest BCUT2D eigenvalue weighted by atomic mass is 9.87. The molecule has 1 aliphatic rings. The predicted octanol–water partition coefficient (Wildman–Crippen LogP) is 5.57. The normalized spacial score (nSPS) is 16.5. The summed E-state index contributed by atoms with van der Waals surface area (Å²) in [5.41, 5.74) is 3.82. The molecule has 2 aromatic rings. The molecule has 0 saturated heterocycles. The van der Waals surface area contributed by atoms with Crippen molar-refractivity contribution in [2.24, 2.45) is 0 Å². The van der Waals surface area contributed by atoms with E-state index in [1.54, 1.807) is 0 Å². The van der Waals surface area contributed by atoms with Gasteiger partial charge in [0.1, 0.15) is 11.5 Å². The molecule has 0 bridgehead atoms. The van der Waals surface area contributed by atoms with Crippen LogP contribution in [-0.4, -0.2) is 70.1 Å². The van der Waals surface area contributed by atoms with Gasteiger partial charge >= 0.3 is 0 Å². The third-order valence-electron chi connectivity index (χ3n) is 5.95. The predicted molar refractivity (Wildman–Crippen MR) is 145 cm³/mol. The Balaban J connectivity index is 1.56. The summed E-state index contributed by atoms with van der Waals surface area (Å²) in [5, 5.41) is 0. The van der Waals surface area contributed by atoms with Crippen molar-refractivity contribution >= 4 is 17.9 Å². The summed E-state index contributed by atoms with van der Waals surface area (Å²) in [6.45, 7) is 3.43. The minimum Gasteiger partial charge on any atom is -0.494 e. The highest BCUT2D eigenvalue weighted by molar-refractivity contribution is 6.13. The van der Waals surface area contributed by atoms with Gasteiger partial charge in [0.2, 0.25) is 0 Å². The average molecular weight is 477 g/mol. The number of carbonyl (C=O) groups excluding carboxylic acids is 1. The number of ketones is 1. The van der Waals surface area contributed by atoms with Gasteiger partial charge in [-0.25, -0.2) is 0 Å². The van der Waals surface area contributed by atoms with Crippen LogP contribution in [0.25, 0.3) is 12.2 Å². The van der Waals surface area contributed by atoms with E-state index in [1.807, 2.05) is 60.7 Å². The molecule has 0 heterocycles. The summed E-state index contributed by atoms with van der Waals surface area (Å²) in [6.07, 6.45) is 8.66. The zero-order chi connectivity index (χ0) is 25.0. The molecular weight excluding hydrogens is 436 g/mol. The van der Waals surface area contributed by atoms with Crippen molar-refractivity contribution in [1.82, 2.24) is 9.80 Å². The van der Waals surface area contributed by atoms with Crippen molar-refractivity contribution in [3.8, 4) is 11.5 Å². The topological polar surface area (TPSA) is 42.0 Å². The van der Waals surface area contributed by atoms with Gasteiger partial charge < -0.3 is 19.3 Å². The number of rotatable bonds is 12. The van der Waals surface area contributed by atoms with E-state index in [1.165, 1.54) is 0 Å². The van der Waals surface area contributed by atoms with Gasteiger partial charge in [-0.05, 0) is 108 Å². The smallest absolute Gasteiger partial charge is 0.185 e. The van der Waals surface area contributed by atoms with Gasteiger partial charge in [0.05, 0.1) is 13.2 Å². The Morgan fingerprint density at radius 1 is 0.686 bits per heavy atom. The van der Waals surface area contributed by atoms with Crippen molar-refractivity contribution in [1.29, 1.82) is 0 Å². The van der Waals surface area contributed by atoms with Crippen molar-refractivity contribution in [3.05, 3.63) is 70.8 Å². The summed E-state index contributed by atoms with van der Waals surface area (Å²) in [7, 11) is 8.26. The maximum atomic E-state index is 13.1. The minimum atomic E-state index is 0.157. The molecule has 0 N–H and O–H groups in total. The number of Topliss-reactive ketones (excluding diaryl/α,β-unsaturated/α-hetero) is 1. The quantitative estimate of drug-likeness (QED) is 0.296. The Bertz CT molecular complexity index is 910. The third-order valence-corrected chi connectivity index (χ3v) is 5.95. The standard InChI is InChI=1S/C30H40N2O3/c1-31(2)18-6-20-34-28-14-10-24(11-15-28)22-26-8-5-9-27(30(26)33)23-25-12-16-29(17-13-25)35-21-7-19-32(3)4/h10-17,22-23H,5-9,18-21H2,1-4H3. The van der Waals surface area contributed by atoms with E-state index in [9.17, 15) is 4.79 Å². The average Bonchev–Trinajstić information content (AvgIpc) is 2.84. The zero-order valence-corrected chi connectivity index (χ0v) is 21.8. The fourth-order valence-electron chi connectivity index (χ4n) is 4.04. The van der Waals surface area contributed by atoms with E-state index in [0.29, 0.717) is 13.2 Å². The summed E-state index contributed by atoms with van der Waals surface area (Å²) >= 11 is 0. The van der Waals surface area contributed by atoms with E-state index in [-0.39, 0.29) is 5.78 Å². The van der Waals surface area contributed by atoms with Gasteiger partial charge in [0, 0.05) is 24.2 Å².